The minimum Gasteiger partial charge on any atom is -0.748 e. The van der Waals surface area contributed by atoms with Crippen LogP contribution in [-0.4, -0.2) is 96.0 Å². The van der Waals surface area contributed by atoms with Crippen molar-refractivity contribution in [2.45, 2.75) is 230 Å². The summed E-state index contributed by atoms with van der Waals surface area (Å²) in [7, 11) is -4.84. The molecule has 6 atom stereocenters. The minimum atomic E-state index is -4.84. The van der Waals surface area contributed by atoms with Crippen LogP contribution in [-0.2, 0) is 38.7 Å². The summed E-state index contributed by atoms with van der Waals surface area (Å²) in [5, 5.41) is 30.7. The molecule has 12 nitrogen and oxygen atoms in total. The SMILES string of the molecule is CCCCCCCCCCCCCCCC(=O)OC[C@@H](CO[C@H]1O[C@H](CS(=O)(=O)[O-])[C@@H](O)[C@H](O)[C@H]1O)OC(=O)CCCCCCCCCCCCCCC. The van der Waals surface area contributed by atoms with Gasteiger partial charge in [0.2, 0.25) is 0 Å². The van der Waals surface area contributed by atoms with Crippen molar-refractivity contribution in [1.82, 2.24) is 0 Å². The molecule has 0 amide bonds. The molecular formula is C41H77O12S-. The Hall–Kier alpha value is -1.35. The van der Waals surface area contributed by atoms with E-state index in [-0.39, 0.29) is 19.4 Å². The number of aliphatic hydroxyl groups excluding tert-OH is 3. The Morgan fingerprint density at radius 1 is 0.574 bits per heavy atom. The van der Waals surface area contributed by atoms with Gasteiger partial charge in [-0.2, -0.15) is 0 Å². The molecule has 1 aliphatic rings. The predicted molar refractivity (Wildman–Crippen MR) is 209 cm³/mol. The lowest BCUT2D eigenvalue weighted by Gasteiger charge is -2.40. The molecule has 1 fully saturated rings. The van der Waals surface area contributed by atoms with Crippen LogP contribution in [0, 0.1) is 0 Å². The zero-order valence-electron chi connectivity index (χ0n) is 33.8. The molecule has 0 unspecified atom stereocenters. The van der Waals surface area contributed by atoms with E-state index in [0.717, 1.165) is 38.5 Å². The Morgan fingerprint density at radius 2 is 0.963 bits per heavy atom. The summed E-state index contributed by atoms with van der Waals surface area (Å²) >= 11 is 0. The topological polar surface area (TPSA) is 189 Å². The summed E-state index contributed by atoms with van der Waals surface area (Å²) in [4.78, 5) is 25.3. The van der Waals surface area contributed by atoms with Gasteiger partial charge in [-0.3, -0.25) is 9.59 Å². The Labute approximate surface area is 327 Å². The van der Waals surface area contributed by atoms with Crippen molar-refractivity contribution in [3.05, 3.63) is 0 Å². The molecule has 54 heavy (non-hydrogen) atoms. The van der Waals surface area contributed by atoms with Crippen molar-refractivity contribution < 1.29 is 56.8 Å². The van der Waals surface area contributed by atoms with E-state index in [2.05, 4.69) is 13.8 Å². The van der Waals surface area contributed by atoms with Crippen molar-refractivity contribution in [3.63, 3.8) is 0 Å². The van der Waals surface area contributed by atoms with Gasteiger partial charge in [0.15, 0.2) is 12.4 Å². The van der Waals surface area contributed by atoms with Crippen LogP contribution < -0.4 is 0 Å². The third-order valence-corrected chi connectivity index (χ3v) is 10.9. The minimum absolute atomic E-state index is 0.165. The molecule has 13 heteroatoms. The van der Waals surface area contributed by atoms with E-state index < -0.39 is 71.2 Å². The maximum Gasteiger partial charge on any atom is 0.306 e. The molecule has 0 aromatic carbocycles. The molecule has 0 bridgehead atoms. The first-order valence-electron chi connectivity index (χ1n) is 21.6. The largest absolute Gasteiger partial charge is 0.748 e. The average Bonchev–Trinajstić information content (AvgIpc) is 3.13. The van der Waals surface area contributed by atoms with Crippen molar-refractivity contribution in [2.24, 2.45) is 0 Å². The Bertz CT molecular complexity index is 1030. The van der Waals surface area contributed by atoms with Crippen molar-refractivity contribution in [3.8, 4) is 0 Å². The number of esters is 2. The fourth-order valence-corrected chi connectivity index (χ4v) is 7.47. The lowest BCUT2D eigenvalue weighted by molar-refractivity contribution is -0.297. The van der Waals surface area contributed by atoms with Crippen LogP contribution in [0.1, 0.15) is 194 Å². The number of hydrogen-bond donors (Lipinski definition) is 3. The van der Waals surface area contributed by atoms with E-state index in [1.54, 1.807) is 0 Å². The summed E-state index contributed by atoms with van der Waals surface area (Å²) in [6.07, 6.45) is 21.2. The first-order chi connectivity index (χ1) is 26.0. The van der Waals surface area contributed by atoms with Crippen LogP contribution in [0.2, 0.25) is 0 Å². The van der Waals surface area contributed by atoms with Gasteiger partial charge in [-0.05, 0) is 12.8 Å². The molecule has 1 aliphatic heterocycles. The summed E-state index contributed by atoms with van der Waals surface area (Å²) in [6, 6.07) is 0. The van der Waals surface area contributed by atoms with Gasteiger partial charge in [-0.15, -0.1) is 0 Å². The third kappa shape index (κ3) is 27.3. The number of unbranched alkanes of at least 4 members (excludes halogenated alkanes) is 24. The Balaban J connectivity index is 2.46. The maximum absolute atomic E-state index is 12.8. The summed E-state index contributed by atoms with van der Waals surface area (Å²) < 4.78 is 55.7. The molecule has 1 heterocycles. The second-order valence-electron chi connectivity index (χ2n) is 15.4. The summed E-state index contributed by atoms with van der Waals surface area (Å²) in [5.74, 6) is -2.09. The molecule has 0 aromatic heterocycles. The van der Waals surface area contributed by atoms with E-state index in [4.69, 9.17) is 18.9 Å². The first-order valence-corrected chi connectivity index (χ1v) is 23.2. The van der Waals surface area contributed by atoms with Gasteiger partial charge in [-0.25, -0.2) is 8.42 Å². The van der Waals surface area contributed by atoms with Crippen molar-refractivity contribution in [1.29, 1.82) is 0 Å². The summed E-state index contributed by atoms with van der Waals surface area (Å²) in [6.45, 7) is 3.73. The number of rotatable bonds is 36. The van der Waals surface area contributed by atoms with Crippen LogP contribution in [0.15, 0.2) is 0 Å². The second-order valence-corrected chi connectivity index (χ2v) is 16.8. The van der Waals surface area contributed by atoms with Crippen molar-refractivity contribution >= 4 is 22.1 Å². The molecule has 0 saturated carbocycles. The molecule has 0 aliphatic carbocycles. The highest BCUT2D eigenvalue weighted by Crippen LogP contribution is 2.24. The maximum atomic E-state index is 12.8. The predicted octanol–water partition coefficient (Wildman–Crippen LogP) is 7.77. The number of hydrogen-bond acceptors (Lipinski definition) is 12. The Morgan fingerprint density at radius 3 is 1.37 bits per heavy atom. The number of ether oxygens (including phenoxy) is 4. The lowest BCUT2D eigenvalue weighted by Crippen LogP contribution is -2.60. The standard InChI is InChI=1S/C41H78O12S/c1-3-5-7-9-11-13-15-17-19-21-23-25-27-29-36(42)50-31-34(32-51-41-40(46)39(45)38(44)35(53-41)33-54(47,48)49)52-37(43)30-28-26-24-22-20-18-16-14-12-10-8-6-4-2/h34-35,38-41,44-46H,3-33H2,1-2H3,(H,47,48,49)/p-1/t34-,35+,38+,39-,40+,41-/m0/s1. The van der Waals surface area contributed by atoms with Crippen LogP contribution in [0.25, 0.3) is 0 Å². The monoisotopic (exact) mass is 794 g/mol. The third-order valence-electron chi connectivity index (χ3n) is 10.2. The van der Waals surface area contributed by atoms with E-state index in [1.807, 2.05) is 0 Å². The van der Waals surface area contributed by atoms with Gasteiger partial charge in [0.1, 0.15) is 31.0 Å². The van der Waals surface area contributed by atoms with Gasteiger partial charge in [0.25, 0.3) is 0 Å². The highest BCUT2D eigenvalue weighted by molar-refractivity contribution is 7.85. The molecular weight excluding hydrogens is 717 g/mol. The van der Waals surface area contributed by atoms with Gasteiger partial charge in [0.05, 0.1) is 22.5 Å². The smallest absolute Gasteiger partial charge is 0.306 e. The van der Waals surface area contributed by atoms with E-state index >= 15 is 0 Å². The first kappa shape index (κ1) is 50.7. The van der Waals surface area contributed by atoms with Crippen LogP contribution in [0.5, 0.6) is 0 Å². The molecule has 3 N–H and O–H groups in total. The Kier molecular flexibility index (Phi) is 30.7. The van der Waals surface area contributed by atoms with Gasteiger partial charge < -0.3 is 38.8 Å². The van der Waals surface area contributed by atoms with Gasteiger partial charge in [-0.1, -0.05) is 168 Å². The molecule has 0 spiro atoms. The van der Waals surface area contributed by atoms with E-state index in [9.17, 15) is 37.9 Å². The normalized spacial score (nSPS) is 20.9. The fraction of sp³-hybridized carbons (Fsp3) is 0.951. The highest BCUT2D eigenvalue weighted by atomic mass is 32.2. The quantitative estimate of drug-likeness (QED) is 0.0318. The average molecular weight is 794 g/mol. The number of carbonyl (C=O) groups is 2. The van der Waals surface area contributed by atoms with Gasteiger partial charge >= 0.3 is 11.9 Å². The number of aliphatic hydroxyl groups is 3. The second kappa shape index (κ2) is 32.7. The van der Waals surface area contributed by atoms with Crippen LogP contribution in [0.4, 0.5) is 0 Å². The highest BCUT2D eigenvalue weighted by Gasteiger charge is 2.45. The van der Waals surface area contributed by atoms with E-state index in [0.29, 0.717) is 12.8 Å². The zero-order valence-corrected chi connectivity index (χ0v) is 34.6. The fourth-order valence-electron chi connectivity index (χ4n) is 6.79. The number of carbonyl (C=O) groups excluding carboxylic acids is 2. The lowest BCUT2D eigenvalue weighted by atomic mass is 10.00. The van der Waals surface area contributed by atoms with Crippen molar-refractivity contribution in [2.75, 3.05) is 19.0 Å². The van der Waals surface area contributed by atoms with Crippen LogP contribution in [0.3, 0.4) is 0 Å². The van der Waals surface area contributed by atoms with Crippen LogP contribution >= 0.6 is 0 Å². The summed E-state index contributed by atoms with van der Waals surface area (Å²) in [5.41, 5.74) is 0. The zero-order chi connectivity index (χ0) is 39.9. The molecule has 1 saturated heterocycles. The molecule has 320 valence electrons. The van der Waals surface area contributed by atoms with Gasteiger partial charge in [0, 0.05) is 12.8 Å². The molecule has 1 rings (SSSR count). The molecule has 0 radical (unpaired) electrons. The molecule has 0 aromatic rings. The van der Waals surface area contributed by atoms with E-state index in [1.165, 1.54) is 116 Å².